The molecular formula is C20H22N2O4. The second-order valence-corrected chi connectivity index (χ2v) is 5.43. The average Bonchev–Trinajstić information content (AvgIpc) is 2.69. The molecule has 2 aromatic carbocycles. The molecule has 0 atom stereocenters. The summed E-state index contributed by atoms with van der Waals surface area (Å²) >= 11 is 0. The van der Waals surface area contributed by atoms with Crippen molar-refractivity contribution in [3.05, 3.63) is 65.7 Å². The summed E-state index contributed by atoms with van der Waals surface area (Å²) in [5.74, 6) is 0.593. The minimum absolute atomic E-state index is 0.0814. The van der Waals surface area contributed by atoms with Gasteiger partial charge in [0.1, 0.15) is 0 Å². The van der Waals surface area contributed by atoms with Gasteiger partial charge in [-0.25, -0.2) is 0 Å². The number of hydrogen-bond acceptors (Lipinski definition) is 4. The molecule has 0 aliphatic carbocycles. The van der Waals surface area contributed by atoms with Gasteiger partial charge in [0.25, 0.3) is 0 Å². The van der Waals surface area contributed by atoms with Gasteiger partial charge in [-0.05, 0) is 29.3 Å². The van der Waals surface area contributed by atoms with Gasteiger partial charge in [0, 0.05) is 12.6 Å². The SMILES string of the molecule is COc1ccc(/C=C/C(=O)NCC(=O)NCc2ccccc2)cc1OC. The van der Waals surface area contributed by atoms with Gasteiger partial charge in [-0.3, -0.25) is 9.59 Å². The molecule has 6 nitrogen and oxygen atoms in total. The lowest BCUT2D eigenvalue weighted by atomic mass is 10.2. The lowest BCUT2D eigenvalue weighted by Gasteiger charge is -2.07. The predicted molar refractivity (Wildman–Crippen MR) is 99.9 cm³/mol. The van der Waals surface area contributed by atoms with Crippen LogP contribution in [0, 0.1) is 0 Å². The number of methoxy groups -OCH3 is 2. The highest BCUT2D eigenvalue weighted by molar-refractivity contribution is 5.94. The van der Waals surface area contributed by atoms with Crippen LogP contribution >= 0.6 is 0 Å². The molecule has 0 fully saturated rings. The number of ether oxygens (including phenoxy) is 2. The molecule has 0 saturated heterocycles. The standard InChI is InChI=1S/C20H22N2O4/c1-25-17-10-8-15(12-18(17)26-2)9-11-19(23)22-14-20(24)21-13-16-6-4-3-5-7-16/h3-12H,13-14H2,1-2H3,(H,21,24)(H,22,23)/b11-9+. The maximum absolute atomic E-state index is 11.8. The van der Waals surface area contributed by atoms with Crippen molar-refractivity contribution in [3.63, 3.8) is 0 Å². The van der Waals surface area contributed by atoms with Crippen molar-refractivity contribution in [2.24, 2.45) is 0 Å². The van der Waals surface area contributed by atoms with Crippen molar-refractivity contribution in [2.45, 2.75) is 6.54 Å². The molecule has 0 aliphatic heterocycles. The second kappa shape index (κ2) is 9.88. The second-order valence-electron chi connectivity index (χ2n) is 5.43. The monoisotopic (exact) mass is 354 g/mol. The van der Waals surface area contributed by atoms with Crippen LogP contribution in [0.4, 0.5) is 0 Å². The fourth-order valence-corrected chi connectivity index (χ4v) is 2.21. The van der Waals surface area contributed by atoms with Crippen LogP contribution in [0.25, 0.3) is 6.08 Å². The van der Waals surface area contributed by atoms with Crippen LogP contribution < -0.4 is 20.1 Å². The minimum Gasteiger partial charge on any atom is -0.493 e. The van der Waals surface area contributed by atoms with Gasteiger partial charge in [0.2, 0.25) is 11.8 Å². The highest BCUT2D eigenvalue weighted by Crippen LogP contribution is 2.27. The number of benzene rings is 2. The summed E-state index contributed by atoms with van der Waals surface area (Å²) < 4.78 is 10.4. The van der Waals surface area contributed by atoms with Gasteiger partial charge in [-0.1, -0.05) is 36.4 Å². The molecule has 2 aromatic rings. The van der Waals surface area contributed by atoms with Crippen molar-refractivity contribution >= 4 is 17.9 Å². The summed E-state index contributed by atoms with van der Waals surface area (Å²) in [6, 6.07) is 14.9. The molecule has 26 heavy (non-hydrogen) atoms. The first-order chi connectivity index (χ1) is 12.6. The van der Waals surface area contributed by atoms with Gasteiger partial charge in [0.05, 0.1) is 20.8 Å². The summed E-state index contributed by atoms with van der Waals surface area (Å²) in [4.78, 5) is 23.6. The normalized spacial score (nSPS) is 10.4. The van der Waals surface area contributed by atoms with E-state index in [1.54, 1.807) is 38.5 Å². The molecule has 2 rings (SSSR count). The molecule has 6 heteroatoms. The van der Waals surface area contributed by atoms with E-state index in [2.05, 4.69) is 10.6 Å². The zero-order chi connectivity index (χ0) is 18.8. The molecule has 2 N–H and O–H groups in total. The van der Waals surface area contributed by atoms with Gasteiger partial charge in [-0.15, -0.1) is 0 Å². The van der Waals surface area contributed by atoms with Crippen LogP contribution in [0.5, 0.6) is 11.5 Å². The third-order valence-corrected chi connectivity index (χ3v) is 3.59. The molecule has 0 spiro atoms. The van der Waals surface area contributed by atoms with Crippen LogP contribution in [0.2, 0.25) is 0 Å². The topological polar surface area (TPSA) is 76.7 Å². The largest absolute Gasteiger partial charge is 0.493 e. The first-order valence-corrected chi connectivity index (χ1v) is 8.11. The Bertz CT molecular complexity index is 773. The van der Waals surface area contributed by atoms with Crippen LogP contribution in [0.1, 0.15) is 11.1 Å². The minimum atomic E-state index is -0.352. The van der Waals surface area contributed by atoms with Crippen LogP contribution in [-0.2, 0) is 16.1 Å². The number of carbonyl (C=O) groups excluding carboxylic acids is 2. The Hall–Kier alpha value is -3.28. The summed E-state index contributed by atoms with van der Waals surface area (Å²) in [7, 11) is 3.11. The lowest BCUT2D eigenvalue weighted by Crippen LogP contribution is -2.35. The van der Waals surface area contributed by atoms with Gasteiger partial charge < -0.3 is 20.1 Å². The van der Waals surface area contributed by atoms with Gasteiger partial charge in [-0.2, -0.15) is 0 Å². The maximum Gasteiger partial charge on any atom is 0.244 e. The van der Waals surface area contributed by atoms with Crippen molar-refractivity contribution in [1.29, 1.82) is 0 Å². The predicted octanol–water partition coefficient (Wildman–Crippen LogP) is 2.15. The quantitative estimate of drug-likeness (QED) is 0.712. The Labute approximate surface area is 152 Å². The molecule has 0 saturated carbocycles. The zero-order valence-corrected chi connectivity index (χ0v) is 14.8. The Kier molecular flexibility index (Phi) is 7.24. The van der Waals surface area contributed by atoms with E-state index in [1.165, 1.54) is 6.08 Å². The van der Waals surface area contributed by atoms with E-state index in [0.29, 0.717) is 18.0 Å². The fraction of sp³-hybridized carbons (Fsp3) is 0.200. The number of rotatable bonds is 8. The molecule has 0 radical (unpaired) electrons. The van der Waals surface area contributed by atoms with Gasteiger partial charge in [0.15, 0.2) is 11.5 Å². The first-order valence-electron chi connectivity index (χ1n) is 8.11. The fourth-order valence-electron chi connectivity index (χ4n) is 2.21. The Morgan fingerprint density at radius 1 is 0.962 bits per heavy atom. The Balaban J connectivity index is 1.79. The van der Waals surface area contributed by atoms with E-state index >= 15 is 0 Å². The molecular weight excluding hydrogens is 332 g/mol. The highest BCUT2D eigenvalue weighted by atomic mass is 16.5. The van der Waals surface area contributed by atoms with Crippen molar-refractivity contribution in [2.75, 3.05) is 20.8 Å². The Morgan fingerprint density at radius 2 is 1.69 bits per heavy atom. The number of nitrogens with one attached hydrogen (secondary N) is 2. The van der Waals surface area contributed by atoms with Crippen molar-refractivity contribution < 1.29 is 19.1 Å². The van der Waals surface area contributed by atoms with Crippen molar-refractivity contribution in [1.82, 2.24) is 10.6 Å². The first kappa shape index (κ1) is 19.1. The molecule has 0 unspecified atom stereocenters. The van der Waals surface area contributed by atoms with E-state index in [0.717, 1.165) is 11.1 Å². The molecule has 136 valence electrons. The Morgan fingerprint density at radius 3 is 2.38 bits per heavy atom. The zero-order valence-electron chi connectivity index (χ0n) is 14.8. The van der Waals surface area contributed by atoms with Crippen LogP contribution in [-0.4, -0.2) is 32.6 Å². The summed E-state index contributed by atoms with van der Waals surface area (Å²) in [5.41, 5.74) is 1.78. The number of carbonyl (C=O) groups is 2. The molecule has 0 heterocycles. The molecule has 0 aliphatic rings. The maximum atomic E-state index is 11.8. The third kappa shape index (κ3) is 5.98. The molecule has 2 amide bonds. The smallest absolute Gasteiger partial charge is 0.244 e. The summed E-state index contributed by atoms with van der Waals surface area (Å²) in [6.07, 6.45) is 3.00. The van der Waals surface area contributed by atoms with Gasteiger partial charge >= 0.3 is 0 Å². The van der Waals surface area contributed by atoms with E-state index in [1.807, 2.05) is 30.3 Å². The van der Waals surface area contributed by atoms with Crippen molar-refractivity contribution in [3.8, 4) is 11.5 Å². The number of hydrogen-bond donors (Lipinski definition) is 2. The number of amides is 2. The van der Waals surface area contributed by atoms with E-state index in [9.17, 15) is 9.59 Å². The highest BCUT2D eigenvalue weighted by Gasteiger charge is 2.05. The summed E-state index contributed by atoms with van der Waals surface area (Å²) in [5, 5.41) is 5.29. The lowest BCUT2D eigenvalue weighted by molar-refractivity contribution is -0.124. The van der Waals surface area contributed by atoms with E-state index < -0.39 is 0 Å². The average molecular weight is 354 g/mol. The molecule has 0 bridgehead atoms. The van der Waals surface area contributed by atoms with E-state index in [4.69, 9.17) is 9.47 Å². The van der Waals surface area contributed by atoms with Crippen LogP contribution in [0.3, 0.4) is 0 Å². The summed E-state index contributed by atoms with van der Waals surface area (Å²) in [6.45, 7) is 0.346. The van der Waals surface area contributed by atoms with Crippen LogP contribution in [0.15, 0.2) is 54.6 Å². The third-order valence-electron chi connectivity index (χ3n) is 3.59. The van der Waals surface area contributed by atoms with E-state index in [-0.39, 0.29) is 18.4 Å². The molecule has 0 aromatic heterocycles.